The van der Waals surface area contributed by atoms with Gasteiger partial charge in [0.15, 0.2) is 0 Å². The van der Waals surface area contributed by atoms with Crippen LogP contribution in [0.5, 0.6) is 0 Å². The average molecular weight is 233 g/mol. The Morgan fingerprint density at radius 1 is 0.692 bits per heavy atom. The monoisotopic (exact) mass is 232 g/mol. The quantitative estimate of drug-likeness (QED) is 0.396. The molecule has 0 aliphatic rings. The lowest BCUT2D eigenvalue weighted by Gasteiger charge is -1.98. The van der Waals surface area contributed by atoms with Gasteiger partial charge >= 0.3 is 0 Å². The molecule has 0 rings (SSSR count). The van der Waals surface area contributed by atoms with Crippen molar-refractivity contribution in [1.29, 1.82) is 0 Å². The highest BCUT2D eigenvalue weighted by Gasteiger charge is 1.93. The van der Waals surface area contributed by atoms with Gasteiger partial charge in [0.2, 0.25) is 0 Å². The van der Waals surface area contributed by atoms with Crippen LogP contribution >= 0.6 is 0 Å². The van der Waals surface area contributed by atoms with Crippen LogP contribution in [0.1, 0.15) is 52.4 Å². The molecule has 3 heteroatoms. The Labute approximate surface area is 91.3 Å². The summed E-state index contributed by atoms with van der Waals surface area (Å²) in [5.41, 5.74) is 0. The molecule has 0 aromatic rings. The summed E-state index contributed by atoms with van der Waals surface area (Å²) < 4.78 is 0. The molecule has 0 bridgehead atoms. The molecule has 0 aromatic carbocycles. The largest absolute Gasteiger partial charge is 0.0654 e. The lowest BCUT2D eigenvalue weighted by molar-refractivity contribution is 0.769. The minimum Gasteiger partial charge on any atom is -0.0654 e. The molecular formula is C10H28Si3. The van der Waals surface area contributed by atoms with Crippen molar-refractivity contribution >= 4 is 26.6 Å². The Morgan fingerprint density at radius 2 is 1.15 bits per heavy atom. The predicted octanol–water partition coefficient (Wildman–Crippen LogP) is 1.54. The van der Waals surface area contributed by atoms with Crippen LogP contribution < -0.4 is 0 Å². The second kappa shape index (κ2) is 12.7. The maximum absolute atomic E-state index is 2.32. The summed E-state index contributed by atoms with van der Waals surface area (Å²) in [6.07, 6.45) is 9.03. The van der Waals surface area contributed by atoms with Crippen LogP contribution in [0.3, 0.4) is 0 Å². The maximum atomic E-state index is 2.32. The van der Waals surface area contributed by atoms with Crippen LogP contribution in [0, 0.1) is 0 Å². The first-order chi connectivity index (χ1) is 6.41. The molecule has 80 valence electrons. The minimum absolute atomic E-state index is 0.557. The van der Waals surface area contributed by atoms with Crippen molar-refractivity contribution in [2.45, 2.75) is 64.5 Å². The number of hydrogen-bond donors (Lipinski definition) is 0. The Morgan fingerprint density at radius 3 is 1.54 bits per heavy atom. The standard InChI is InChI=1S/C10H28Si3/c1-3-5-7-9-11-13-12-10-8-6-4-2/h3-13H2,1-2H3. The van der Waals surface area contributed by atoms with E-state index < -0.39 is 0 Å². The van der Waals surface area contributed by atoms with Crippen molar-refractivity contribution in [1.82, 2.24) is 0 Å². The smallest absolute Gasteiger partial charge is 0.00493 e. The van der Waals surface area contributed by atoms with E-state index in [0.717, 1.165) is 0 Å². The van der Waals surface area contributed by atoms with Gasteiger partial charge in [0.1, 0.15) is 0 Å². The van der Waals surface area contributed by atoms with Gasteiger partial charge in [0.05, 0.1) is 0 Å². The van der Waals surface area contributed by atoms with E-state index in [-0.39, 0.29) is 0 Å². The highest BCUT2D eigenvalue weighted by molar-refractivity contribution is 7.29. The van der Waals surface area contributed by atoms with Gasteiger partial charge in [0, 0.05) is 18.1 Å². The van der Waals surface area contributed by atoms with Gasteiger partial charge in [0.25, 0.3) is 0 Å². The van der Waals surface area contributed by atoms with Crippen molar-refractivity contribution in [3.05, 3.63) is 0 Å². The summed E-state index contributed by atoms with van der Waals surface area (Å²) in [6.45, 7) is 4.64. The highest BCUT2D eigenvalue weighted by Crippen LogP contribution is 1.99. The molecule has 0 nitrogen and oxygen atoms in total. The lowest BCUT2D eigenvalue weighted by atomic mass is 10.3. The van der Waals surface area contributed by atoms with Gasteiger partial charge in [-0.25, -0.2) is 0 Å². The summed E-state index contributed by atoms with van der Waals surface area (Å²) in [7, 11) is 1.75. The topological polar surface area (TPSA) is 0 Å². The zero-order chi connectivity index (χ0) is 9.78. The van der Waals surface area contributed by atoms with Crippen LogP contribution in [-0.4, -0.2) is 26.6 Å². The molecule has 0 atom stereocenters. The predicted molar refractivity (Wildman–Crippen MR) is 74.3 cm³/mol. The van der Waals surface area contributed by atoms with Crippen LogP contribution in [0.2, 0.25) is 12.1 Å². The fourth-order valence-corrected chi connectivity index (χ4v) is 19.1. The summed E-state index contributed by atoms with van der Waals surface area (Å²) in [5.74, 6) is 0. The first-order valence-electron chi connectivity index (χ1n) is 6.41. The van der Waals surface area contributed by atoms with Crippen molar-refractivity contribution in [2.24, 2.45) is 0 Å². The minimum atomic E-state index is 0.557. The van der Waals surface area contributed by atoms with Crippen LogP contribution in [-0.2, 0) is 0 Å². The number of rotatable bonds is 10. The Hall–Kier alpha value is 0.651. The molecule has 0 N–H and O–H groups in total. The molecule has 0 heterocycles. The molecule has 0 saturated carbocycles. The van der Waals surface area contributed by atoms with Crippen LogP contribution in [0.25, 0.3) is 0 Å². The molecule has 0 spiro atoms. The molecule has 13 heavy (non-hydrogen) atoms. The van der Waals surface area contributed by atoms with Gasteiger partial charge in [-0.15, -0.1) is 0 Å². The lowest BCUT2D eigenvalue weighted by Crippen LogP contribution is -2.11. The SMILES string of the molecule is CCCCC[SiH2][SiH2][SiH2]CCCCC. The fourth-order valence-electron chi connectivity index (χ4n) is 1.74. The summed E-state index contributed by atoms with van der Waals surface area (Å²) in [6, 6.07) is 3.42. The van der Waals surface area contributed by atoms with Gasteiger partial charge in [-0.3, -0.25) is 0 Å². The summed E-state index contributed by atoms with van der Waals surface area (Å²) >= 11 is 0. The van der Waals surface area contributed by atoms with E-state index in [9.17, 15) is 0 Å². The van der Waals surface area contributed by atoms with E-state index in [1.54, 1.807) is 24.9 Å². The first-order valence-corrected chi connectivity index (χ1v) is 16.4. The summed E-state index contributed by atoms with van der Waals surface area (Å²) in [4.78, 5) is 0. The Bertz CT molecular complexity index is 76.2. The van der Waals surface area contributed by atoms with Gasteiger partial charge in [-0.2, -0.15) is 0 Å². The van der Waals surface area contributed by atoms with Crippen LogP contribution in [0.4, 0.5) is 0 Å². The van der Waals surface area contributed by atoms with E-state index in [2.05, 4.69) is 13.8 Å². The van der Waals surface area contributed by atoms with Gasteiger partial charge in [-0.1, -0.05) is 64.5 Å². The number of unbranched alkanes of at least 4 members (excludes halogenated alkanes) is 4. The van der Waals surface area contributed by atoms with Gasteiger partial charge in [-0.05, 0) is 8.55 Å². The third-order valence-electron chi connectivity index (χ3n) is 2.71. The first kappa shape index (κ1) is 13.7. The fraction of sp³-hybridized carbons (Fsp3) is 1.00. The van der Waals surface area contributed by atoms with Crippen LogP contribution in [0.15, 0.2) is 0 Å². The Balaban J connectivity index is 2.76. The van der Waals surface area contributed by atoms with Crippen molar-refractivity contribution in [3.63, 3.8) is 0 Å². The molecule has 0 aromatic heterocycles. The summed E-state index contributed by atoms with van der Waals surface area (Å²) in [5, 5.41) is 0. The highest BCUT2D eigenvalue weighted by atomic mass is 29.5. The van der Waals surface area contributed by atoms with E-state index in [0.29, 0.717) is 26.6 Å². The van der Waals surface area contributed by atoms with E-state index in [1.807, 2.05) is 0 Å². The van der Waals surface area contributed by atoms with Crippen molar-refractivity contribution in [2.75, 3.05) is 0 Å². The molecule has 0 amide bonds. The average Bonchev–Trinajstić information content (AvgIpc) is 2.16. The Kier molecular flexibility index (Phi) is 13.3. The third kappa shape index (κ3) is 12.7. The third-order valence-corrected chi connectivity index (χ3v) is 20.7. The number of hydrogen-bond acceptors (Lipinski definition) is 0. The molecule has 0 aliphatic carbocycles. The van der Waals surface area contributed by atoms with E-state index >= 15 is 0 Å². The molecule has 0 radical (unpaired) electrons. The van der Waals surface area contributed by atoms with E-state index in [1.165, 1.54) is 25.7 Å². The molecule has 0 aliphatic heterocycles. The van der Waals surface area contributed by atoms with Crippen molar-refractivity contribution < 1.29 is 0 Å². The zero-order valence-electron chi connectivity index (χ0n) is 9.78. The maximum Gasteiger partial charge on any atom is 0.00493 e. The van der Waals surface area contributed by atoms with Crippen molar-refractivity contribution in [3.8, 4) is 0 Å². The molecule has 0 unspecified atom stereocenters. The molecule has 0 saturated heterocycles. The second-order valence-electron chi connectivity index (χ2n) is 4.18. The normalized spacial score (nSPS) is 13.4. The zero-order valence-corrected chi connectivity index (χ0v) is 14.0. The molecule has 0 fully saturated rings. The second-order valence-corrected chi connectivity index (χ2v) is 20.4. The van der Waals surface area contributed by atoms with Gasteiger partial charge < -0.3 is 0 Å². The molecular weight excluding hydrogens is 204 g/mol. The van der Waals surface area contributed by atoms with E-state index in [4.69, 9.17) is 0 Å².